The Morgan fingerprint density at radius 1 is 1.15 bits per heavy atom. The highest BCUT2D eigenvalue weighted by molar-refractivity contribution is 5.85. The summed E-state index contributed by atoms with van der Waals surface area (Å²) in [5.41, 5.74) is 0.577. The van der Waals surface area contributed by atoms with E-state index in [1.54, 1.807) is 0 Å². The summed E-state index contributed by atoms with van der Waals surface area (Å²) in [6, 6.07) is 9.33. The summed E-state index contributed by atoms with van der Waals surface area (Å²) >= 11 is 0. The number of benzene rings is 1. The fourth-order valence-corrected chi connectivity index (χ4v) is 2.06. The monoisotopic (exact) mass is 269 g/mol. The summed E-state index contributed by atoms with van der Waals surface area (Å²) in [4.78, 5) is 32.0. The van der Waals surface area contributed by atoms with Gasteiger partial charge in [-0.25, -0.2) is 9.78 Å². The lowest BCUT2D eigenvalue weighted by atomic mass is 10.1. The van der Waals surface area contributed by atoms with Crippen LogP contribution in [0.25, 0.3) is 22.0 Å². The minimum Gasteiger partial charge on any atom is -0.481 e. The van der Waals surface area contributed by atoms with E-state index in [4.69, 9.17) is 4.74 Å². The summed E-state index contributed by atoms with van der Waals surface area (Å²) in [6.07, 6.45) is 1.36. The minimum absolute atomic E-state index is 0.305. The van der Waals surface area contributed by atoms with Gasteiger partial charge in [-0.3, -0.25) is 9.78 Å². The van der Waals surface area contributed by atoms with E-state index in [0.717, 1.165) is 10.9 Å². The second-order valence-electron chi connectivity index (χ2n) is 4.22. The van der Waals surface area contributed by atoms with Crippen LogP contribution in [0.15, 0.2) is 46.1 Å². The summed E-state index contributed by atoms with van der Waals surface area (Å²) < 4.78 is 5.24. The van der Waals surface area contributed by atoms with Crippen molar-refractivity contribution in [2.24, 2.45) is 0 Å². The van der Waals surface area contributed by atoms with Gasteiger partial charge in [-0.05, 0) is 12.1 Å². The zero-order valence-electron chi connectivity index (χ0n) is 10.6. The lowest BCUT2D eigenvalue weighted by Gasteiger charge is -2.08. The molecular weight excluding hydrogens is 258 g/mol. The molecule has 20 heavy (non-hydrogen) atoms. The van der Waals surface area contributed by atoms with Crippen molar-refractivity contribution in [1.29, 1.82) is 0 Å². The fourth-order valence-electron chi connectivity index (χ4n) is 2.06. The first-order valence-corrected chi connectivity index (χ1v) is 5.95. The lowest BCUT2D eigenvalue weighted by Crippen LogP contribution is -2.22. The third kappa shape index (κ3) is 1.97. The zero-order valence-corrected chi connectivity index (χ0v) is 10.6. The Kier molecular flexibility index (Phi) is 2.83. The number of hydrogen-bond acceptors (Lipinski definition) is 4. The molecular formula is C14H11N3O3. The Balaban J connectivity index is 2.34. The number of pyridine rings is 1. The first-order valence-electron chi connectivity index (χ1n) is 5.95. The molecule has 6 heteroatoms. The quantitative estimate of drug-likeness (QED) is 0.733. The summed E-state index contributed by atoms with van der Waals surface area (Å²) in [5, 5.41) is 0.883. The number of nitrogens with one attached hydrogen (secondary N) is 2. The zero-order chi connectivity index (χ0) is 14.1. The molecule has 0 aliphatic heterocycles. The summed E-state index contributed by atoms with van der Waals surface area (Å²) in [5.74, 6) is 0.334. The molecule has 0 spiro atoms. The second-order valence-corrected chi connectivity index (χ2v) is 4.22. The number of H-pyrrole nitrogens is 2. The van der Waals surface area contributed by atoms with Gasteiger partial charge in [0.15, 0.2) is 0 Å². The van der Waals surface area contributed by atoms with Crippen molar-refractivity contribution in [3.8, 4) is 17.0 Å². The largest absolute Gasteiger partial charge is 0.481 e. The van der Waals surface area contributed by atoms with Crippen LogP contribution in [0, 0.1) is 0 Å². The average molecular weight is 269 g/mol. The third-order valence-electron chi connectivity index (χ3n) is 2.99. The van der Waals surface area contributed by atoms with Crippen molar-refractivity contribution >= 4 is 10.9 Å². The smallest absolute Gasteiger partial charge is 0.325 e. The molecule has 2 N–H and O–H groups in total. The number of para-hydroxylation sites is 1. The normalized spacial score (nSPS) is 10.7. The van der Waals surface area contributed by atoms with Crippen LogP contribution in [0.3, 0.4) is 0 Å². The third-order valence-corrected chi connectivity index (χ3v) is 2.99. The van der Waals surface area contributed by atoms with Gasteiger partial charge in [-0.1, -0.05) is 18.2 Å². The molecule has 100 valence electrons. The van der Waals surface area contributed by atoms with E-state index in [0.29, 0.717) is 17.0 Å². The maximum atomic E-state index is 11.9. The van der Waals surface area contributed by atoms with E-state index < -0.39 is 11.2 Å². The van der Waals surface area contributed by atoms with Gasteiger partial charge in [0.2, 0.25) is 5.88 Å². The Hall–Kier alpha value is -2.89. The molecule has 0 bridgehead atoms. The molecule has 0 saturated heterocycles. The highest BCUT2D eigenvalue weighted by atomic mass is 16.5. The highest BCUT2D eigenvalue weighted by Crippen LogP contribution is 2.28. The Bertz CT molecular complexity index is 896. The molecule has 0 saturated carbocycles. The lowest BCUT2D eigenvalue weighted by molar-refractivity contribution is 0.401. The van der Waals surface area contributed by atoms with Gasteiger partial charge in [-0.15, -0.1) is 0 Å². The van der Waals surface area contributed by atoms with E-state index in [1.165, 1.54) is 13.3 Å². The van der Waals surface area contributed by atoms with Crippen molar-refractivity contribution in [2.45, 2.75) is 0 Å². The number of aromatic amines is 2. The van der Waals surface area contributed by atoms with Crippen molar-refractivity contribution in [3.05, 3.63) is 57.4 Å². The number of hydrogen-bond donors (Lipinski definition) is 2. The molecule has 0 radical (unpaired) electrons. The standard InChI is InChI=1S/C14H11N3O3/c1-20-13-9(10-7-15-14(19)17-12(10)18)6-8-4-2-3-5-11(8)16-13/h2-7H,1H3,(H2,15,17,18,19). The molecule has 0 aliphatic carbocycles. The molecule has 3 aromatic rings. The first kappa shape index (κ1) is 12.2. The molecule has 1 aromatic carbocycles. The van der Waals surface area contributed by atoms with Crippen LogP contribution < -0.4 is 16.0 Å². The van der Waals surface area contributed by atoms with Gasteiger partial charge in [0.05, 0.1) is 23.8 Å². The van der Waals surface area contributed by atoms with Crippen molar-refractivity contribution in [1.82, 2.24) is 15.0 Å². The molecule has 2 aromatic heterocycles. The van der Waals surface area contributed by atoms with Gasteiger partial charge in [0.25, 0.3) is 5.56 Å². The molecule has 2 heterocycles. The molecule has 0 fully saturated rings. The maximum Gasteiger partial charge on any atom is 0.325 e. The van der Waals surface area contributed by atoms with Gasteiger partial charge in [-0.2, -0.15) is 0 Å². The number of nitrogens with zero attached hydrogens (tertiary/aromatic N) is 1. The van der Waals surface area contributed by atoms with Gasteiger partial charge >= 0.3 is 5.69 Å². The van der Waals surface area contributed by atoms with Crippen LogP contribution in [0.4, 0.5) is 0 Å². The minimum atomic E-state index is -0.550. The predicted molar refractivity (Wildman–Crippen MR) is 75.0 cm³/mol. The number of methoxy groups -OCH3 is 1. The molecule has 3 rings (SSSR count). The van der Waals surface area contributed by atoms with E-state index in [2.05, 4.69) is 15.0 Å². The average Bonchev–Trinajstić information content (AvgIpc) is 2.46. The number of ether oxygens (including phenoxy) is 1. The molecule has 0 unspecified atom stereocenters. The van der Waals surface area contributed by atoms with E-state index in [9.17, 15) is 9.59 Å². The van der Waals surface area contributed by atoms with Gasteiger partial charge < -0.3 is 9.72 Å². The van der Waals surface area contributed by atoms with Crippen LogP contribution in [-0.4, -0.2) is 22.1 Å². The van der Waals surface area contributed by atoms with Crippen molar-refractivity contribution in [2.75, 3.05) is 7.11 Å². The Labute approximate surface area is 113 Å². The van der Waals surface area contributed by atoms with Crippen LogP contribution >= 0.6 is 0 Å². The second kappa shape index (κ2) is 4.65. The Morgan fingerprint density at radius 3 is 2.70 bits per heavy atom. The Morgan fingerprint density at radius 2 is 1.95 bits per heavy atom. The van der Waals surface area contributed by atoms with E-state index in [1.807, 2.05) is 30.3 Å². The van der Waals surface area contributed by atoms with Crippen LogP contribution in [0.2, 0.25) is 0 Å². The SMILES string of the molecule is COc1nc2ccccc2cc1-c1c[nH]c(=O)[nH]c1=O. The van der Waals surface area contributed by atoms with Gasteiger partial charge in [0, 0.05) is 11.6 Å². The fraction of sp³-hybridized carbons (Fsp3) is 0.0714. The van der Waals surface area contributed by atoms with Gasteiger partial charge in [0.1, 0.15) is 0 Å². The molecule has 0 amide bonds. The summed E-state index contributed by atoms with van der Waals surface area (Å²) in [7, 11) is 1.49. The molecule has 0 atom stereocenters. The van der Waals surface area contributed by atoms with Crippen LogP contribution in [-0.2, 0) is 0 Å². The van der Waals surface area contributed by atoms with Crippen molar-refractivity contribution < 1.29 is 4.74 Å². The first-order chi connectivity index (χ1) is 9.69. The van der Waals surface area contributed by atoms with Crippen LogP contribution in [0.5, 0.6) is 5.88 Å². The van der Waals surface area contributed by atoms with E-state index in [-0.39, 0.29) is 0 Å². The van der Waals surface area contributed by atoms with Crippen molar-refractivity contribution in [3.63, 3.8) is 0 Å². The van der Waals surface area contributed by atoms with Crippen LogP contribution in [0.1, 0.15) is 0 Å². The highest BCUT2D eigenvalue weighted by Gasteiger charge is 2.13. The van der Waals surface area contributed by atoms with E-state index >= 15 is 0 Å². The molecule has 0 aliphatic rings. The number of rotatable bonds is 2. The number of fused-ring (bicyclic) bond motifs is 1. The summed E-state index contributed by atoms with van der Waals surface area (Å²) in [6.45, 7) is 0. The molecule has 6 nitrogen and oxygen atoms in total. The maximum absolute atomic E-state index is 11.9. The number of aromatic nitrogens is 3. The topological polar surface area (TPSA) is 87.8 Å². The predicted octanol–water partition coefficient (Wildman–Crippen LogP) is 1.29.